The van der Waals surface area contributed by atoms with Gasteiger partial charge in [-0.05, 0) is 43.2 Å². The Hall–Kier alpha value is -2.62. The van der Waals surface area contributed by atoms with E-state index in [9.17, 15) is 13.2 Å². The summed E-state index contributed by atoms with van der Waals surface area (Å²) in [4.78, 5) is 12.4. The van der Waals surface area contributed by atoms with E-state index in [0.717, 1.165) is 16.9 Å². The Morgan fingerprint density at radius 3 is 2.21 bits per heavy atom. The number of methoxy groups -OCH3 is 1. The van der Waals surface area contributed by atoms with Gasteiger partial charge in [0.15, 0.2) is 0 Å². The van der Waals surface area contributed by atoms with E-state index in [1.807, 2.05) is 31.2 Å². The van der Waals surface area contributed by atoms with Crippen LogP contribution >= 0.6 is 0 Å². The summed E-state index contributed by atoms with van der Waals surface area (Å²) in [7, 11) is -2.40. The fourth-order valence-electron chi connectivity index (χ4n) is 3.06. The molecule has 0 unspecified atom stereocenters. The number of ether oxygens (including phenoxy) is 1. The van der Waals surface area contributed by atoms with E-state index >= 15 is 0 Å². The van der Waals surface area contributed by atoms with Crippen molar-refractivity contribution in [2.45, 2.75) is 30.2 Å². The zero-order chi connectivity index (χ0) is 21.6. The van der Waals surface area contributed by atoms with Gasteiger partial charge < -0.3 is 20.5 Å². The number of likely N-dealkylation sites (tertiary alicyclic amines) is 1. The summed E-state index contributed by atoms with van der Waals surface area (Å²) in [6, 6.07) is 13.7. The summed E-state index contributed by atoms with van der Waals surface area (Å²) in [5.41, 5.74) is 8.11. The molecule has 1 saturated heterocycles. The molecular weight excluding hydrogens is 396 g/mol. The first-order chi connectivity index (χ1) is 13.6. The number of nitrogens with zero attached hydrogens (tertiary/aromatic N) is 1. The monoisotopic (exact) mass is 422 g/mol. The number of benzene rings is 2. The Bertz CT molecular complexity index is 913. The highest BCUT2D eigenvalue weighted by Crippen LogP contribution is 2.27. The molecule has 0 radical (unpaired) electrons. The Morgan fingerprint density at radius 2 is 1.72 bits per heavy atom. The molecule has 2 aromatic rings. The van der Waals surface area contributed by atoms with Gasteiger partial charge in [0.25, 0.3) is 10.1 Å². The molecule has 9 heteroatoms. The molecule has 0 bridgehead atoms. The molecule has 2 atom stereocenters. The van der Waals surface area contributed by atoms with Gasteiger partial charge in [0.05, 0.1) is 12.0 Å². The summed E-state index contributed by atoms with van der Waals surface area (Å²) in [5.74, 6) is 0.846. The van der Waals surface area contributed by atoms with Crippen molar-refractivity contribution in [3.63, 3.8) is 0 Å². The van der Waals surface area contributed by atoms with Gasteiger partial charge in [0, 0.05) is 25.0 Å². The molecular formula is C20H26N2O6S. The summed E-state index contributed by atoms with van der Waals surface area (Å²) in [6.45, 7) is 2.82. The molecule has 1 aliphatic rings. The highest BCUT2D eigenvalue weighted by molar-refractivity contribution is 7.85. The van der Waals surface area contributed by atoms with Crippen LogP contribution in [0.2, 0.25) is 0 Å². The number of carbonyl (C=O) groups is 1. The first-order valence-corrected chi connectivity index (χ1v) is 10.5. The van der Waals surface area contributed by atoms with Gasteiger partial charge >= 0.3 is 6.09 Å². The second-order valence-corrected chi connectivity index (χ2v) is 8.27. The lowest BCUT2D eigenvalue weighted by Gasteiger charge is -2.35. The first-order valence-electron chi connectivity index (χ1n) is 9.03. The van der Waals surface area contributed by atoms with Crippen molar-refractivity contribution in [2.75, 3.05) is 20.2 Å². The maximum Gasteiger partial charge on any atom is 0.407 e. The molecule has 1 fully saturated rings. The molecule has 29 heavy (non-hydrogen) atoms. The van der Waals surface area contributed by atoms with Gasteiger partial charge in [0.1, 0.15) is 5.75 Å². The minimum Gasteiger partial charge on any atom is -0.497 e. The summed E-state index contributed by atoms with van der Waals surface area (Å²) in [5, 5.41) is 9.04. The molecule has 0 spiro atoms. The van der Waals surface area contributed by atoms with Gasteiger partial charge in [-0.25, -0.2) is 4.79 Å². The Morgan fingerprint density at radius 1 is 1.14 bits per heavy atom. The Labute approximate surface area is 170 Å². The van der Waals surface area contributed by atoms with Crippen LogP contribution in [0.5, 0.6) is 5.75 Å². The van der Waals surface area contributed by atoms with E-state index in [2.05, 4.69) is 0 Å². The predicted molar refractivity (Wildman–Crippen MR) is 109 cm³/mol. The lowest BCUT2D eigenvalue weighted by atomic mass is 9.87. The second kappa shape index (κ2) is 9.73. The second-order valence-electron chi connectivity index (χ2n) is 6.85. The fraction of sp³-hybridized carbons (Fsp3) is 0.350. The highest BCUT2D eigenvalue weighted by atomic mass is 32.2. The number of piperidine rings is 1. The van der Waals surface area contributed by atoms with Crippen molar-refractivity contribution in [3.8, 4) is 5.75 Å². The topological polar surface area (TPSA) is 130 Å². The van der Waals surface area contributed by atoms with E-state index in [1.165, 1.54) is 17.0 Å². The van der Waals surface area contributed by atoms with Crippen LogP contribution in [0.15, 0.2) is 53.4 Å². The number of carboxylic acid groups (broad SMARTS) is 1. The molecule has 8 nitrogen and oxygen atoms in total. The average molecular weight is 423 g/mol. The first kappa shape index (κ1) is 22.7. The van der Waals surface area contributed by atoms with Crippen LogP contribution in [-0.4, -0.2) is 55.3 Å². The molecule has 3 rings (SSSR count). The van der Waals surface area contributed by atoms with Crippen LogP contribution < -0.4 is 10.5 Å². The number of aryl methyl sites for hydroxylation is 1. The maximum absolute atomic E-state index is 11.0. The van der Waals surface area contributed by atoms with Gasteiger partial charge in [-0.15, -0.1) is 0 Å². The largest absolute Gasteiger partial charge is 0.497 e. The minimum absolute atomic E-state index is 0.00833. The van der Waals surface area contributed by atoms with Crippen LogP contribution in [0.1, 0.15) is 23.5 Å². The summed E-state index contributed by atoms with van der Waals surface area (Å²) in [6.07, 6.45) is -0.177. The Balaban J connectivity index is 0.000000234. The van der Waals surface area contributed by atoms with Gasteiger partial charge in [-0.1, -0.05) is 29.8 Å². The van der Waals surface area contributed by atoms with Gasteiger partial charge in [-0.3, -0.25) is 4.55 Å². The average Bonchev–Trinajstić information content (AvgIpc) is 2.68. The Kier molecular flexibility index (Phi) is 7.60. The van der Waals surface area contributed by atoms with E-state index in [1.54, 1.807) is 19.2 Å². The van der Waals surface area contributed by atoms with Crippen molar-refractivity contribution in [1.29, 1.82) is 0 Å². The normalized spacial score (nSPS) is 19.1. The molecule has 0 aromatic heterocycles. The van der Waals surface area contributed by atoms with E-state index in [4.69, 9.17) is 20.1 Å². The number of amides is 1. The zero-order valence-corrected chi connectivity index (χ0v) is 17.2. The van der Waals surface area contributed by atoms with E-state index < -0.39 is 16.2 Å². The molecule has 4 N–H and O–H groups in total. The highest BCUT2D eigenvalue weighted by Gasteiger charge is 2.30. The quantitative estimate of drug-likeness (QED) is 0.648. The lowest BCUT2D eigenvalue weighted by Crippen LogP contribution is -2.47. The van der Waals surface area contributed by atoms with E-state index in [-0.39, 0.29) is 16.9 Å². The van der Waals surface area contributed by atoms with Crippen LogP contribution in [0.25, 0.3) is 0 Å². The molecule has 2 aromatic carbocycles. The van der Waals surface area contributed by atoms with Crippen molar-refractivity contribution < 1.29 is 27.6 Å². The van der Waals surface area contributed by atoms with Gasteiger partial charge in [0.2, 0.25) is 0 Å². The summed E-state index contributed by atoms with van der Waals surface area (Å²) < 4.78 is 34.7. The standard InChI is InChI=1S/C13H18N2O3.C7H8O3S/c1-18-10-4-2-9(3-5-10)11-8-15(13(16)17)7-6-12(11)14;1-6-2-4-7(5-3-6)11(8,9)10/h2-5,11-12H,6-8,14H2,1H3,(H,16,17);2-5H,1H3,(H,8,9,10)/t11-,12+;/m0./s1. The predicted octanol–water partition coefficient (Wildman–Crippen LogP) is 2.73. The molecule has 1 amide bonds. The van der Waals surface area contributed by atoms with Crippen LogP contribution in [0.4, 0.5) is 4.79 Å². The molecule has 1 aliphatic heterocycles. The SMILES string of the molecule is COc1ccc([C@@H]2CN(C(=O)O)CC[C@H]2N)cc1.Cc1ccc(S(=O)(=O)O)cc1. The molecule has 158 valence electrons. The van der Waals surface area contributed by atoms with Crippen molar-refractivity contribution in [2.24, 2.45) is 5.73 Å². The fourth-order valence-corrected chi connectivity index (χ4v) is 3.54. The summed E-state index contributed by atoms with van der Waals surface area (Å²) >= 11 is 0. The number of rotatable bonds is 3. The molecule has 0 saturated carbocycles. The van der Waals surface area contributed by atoms with Crippen molar-refractivity contribution in [3.05, 3.63) is 59.7 Å². The number of hydrogen-bond acceptors (Lipinski definition) is 5. The van der Waals surface area contributed by atoms with Crippen molar-refractivity contribution >= 4 is 16.2 Å². The van der Waals surface area contributed by atoms with Crippen LogP contribution in [0.3, 0.4) is 0 Å². The maximum atomic E-state index is 11.0. The third-order valence-electron chi connectivity index (χ3n) is 4.80. The van der Waals surface area contributed by atoms with Crippen molar-refractivity contribution in [1.82, 2.24) is 4.90 Å². The smallest absolute Gasteiger partial charge is 0.407 e. The molecule has 0 aliphatic carbocycles. The minimum atomic E-state index is -4.02. The third-order valence-corrected chi connectivity index (χ3v) is 5.67. The van der Waals surface area contributed by atoms with Crippen LogP contribution in [-0.2, 0) is 10.1 Å². The van der Waals surface area contributed by atoms with Crippen LogP contribution in [0, 0.1) is 6.92 Å². The molecule has 1 heterocycles. The van der Waals surface area contributed by atoms with Gasteiger partial charge in [-0.2, -0.15) is 8.42 Å². The third kappa shape index (κ3) is 6.45. The number of nitrogens with two attached hydrogens (primary N) is 1. The lowest BCUT2D eigenvalue weighted by molar-refractivity contribution is 0.126. The van der Waals surface area contributed by atoms with E-state index in [0.29, 0.717) is 19.5 Å². The zero-order valence-electron chi connectivity index (χ0n) is 16.4. The number of hydrogen-bond donors (Lipinski definition) is 3.